The Balaban J connectivity index is 1.27. The number of amides is 2. The fourth-order valence-corrected chi connectivity index (χ4v) is 5.00. The van der Waals surface area contributed by atoms with Gasteiger partial charge in [0.2, 0.25) is 5.91 Å². The smallest absolute Gasteiger partial charge is 0.407 e. The molecule has 2 amide bonds. The molecule has 1 aliphatic carbocycles. The van der Waals surface area contributed by atoms with Gasteiger partial charge < -0.3 is 20.5 Å². The SMILES string of the molecule is CCC[C@H](NC(=O)Cc1csc(CNC(=O)OCC2c3ccccc3-c3ccccc32)n1)C(=O)O. The molecule has 1 atom stereocenters. The summed E-state index contributed by atoms with van der Waals surface area (Å²) in [6, 6.07) is 15.4. The van der Waals surface area contributed by atoms with Crippen molar-refractivity contribution in [3.63, 3.8) is 0 Å². The van der Waals surface area contributed by atoms with E-state index in [-0.39, 0.29) is 25.5 Å². The number of carboxylic acid groups (broad SMARTS) is 1. The minimum Gasteiger partial charge on any atom is -0.480 e. The fourth-order valence-electron chi connectivity index (χ4n) is 4.26. The topological polar surface area (TPSA) is 118 Å². The zero-order valence-electron chi connectivity index (χ0n) is 19.3. The van der Waals surface area contributed by atoms with E-state index >= 15 is 0 Å². The number of hydrogen-bond acceptors (Lipinski definition) is 6. The number of carbonyl (C=O) groups is 3. The van der Waals surface area contributed by atoms with Crippen molar-refractivity contribution in [2.45, 2.75) is 44.7 Å². The van der Waals surface area contributed by atoms with Gasteiger partial charge in [-0.2, -0.15) is 0 Å². The number of benzene rings is 2. The van der Waals surface area contributed by atoms with Gasteiger partial charge in [0, 0.05) is 11.3 Å². The Morgan fingerprint density at radius 1 is 1.09 bits per heavy atom. The van der Waals surface area contributed by atoms with Crippen molar-refractivity contribution in [2.24, 2.45) is 0 Å². The molecule has 1 aliphatic rings. The molecule has 0 spiro atoms. The third-order valence-electron chi connectivity index (χ3n) is 5.88. The summed E-state index contributed by atoms with van der Waals surface area (Å²) in [5.74, 6) is -1.46. The van der Waals surface area contributed by atoms with E-state index in [1.54, 1.807) is 5.38 Å². The number of thiazole rings is 1. The summed E-state index contributed by atoms with van der Waals surface area (Å²) < 4.78 is 5.53. The second kappa shape index (κ2) is 11.1. The summed E-state index contributed by atoms with van der Waals surface area (Å²) in [6.07, 6.45) is 0.465. The number of rotatable bonds is 10. The van der Waals surface area contributed by atoms with E-state index in [9.17, 15) is 19.5 Å². The molecule has 2 aromatic carbocycles. The van der Waals surface area contributed by atoms with Crippen molar-refractivity contribution in [1.29, 1.82) is 0 Å². The van der Waals surface area contributed by atoms with E-state index in [4.69, 9.17) is 4.74 Å². The maximum absolute atomic E-state index is 12.4. The maximum Gasteiger partial charge on any atom is 0.407 e. The number of hydrogen-bond donors (Lipinski definition) is 3. The lowest BCUT2D eigenvalue weighted by Gasteiger charge is -2.14. The minimum absolute atomic E-state index is 0.0135. The van der Waals surface area contributed by atoms with Crippen LogP contribution in [0.5, 0.6) is 0 Å². The van der Waals surface area contributed by atoms with Crippen LogP contribution < -0.4 is 10.6 Å². The van der Waals surface area contributed by atoms with Crippen LogP contribution in [0.2, 0.25) is 0 Å². The molecule has 3 N–H and O–H groups in total. The molecule has 0 saturated heterocycles. The molecular formula is C26H27N3O5S. The molecule has 0 saturated carbocycles. The molecule has 0 fully saturated rings. The van der Waals surface area contributed by atoms with Crippen molar-refractivity contribution < 1.29 is 24.2 Å². The first-order valence-electron chi connectivity index (χ1n) is 11.5. The van der Waals surface area contributed by atoms with E-state index in [1.807, 2.05) is 31.2 Å². The molecule has 9 heteroatoms. The molecule has 35 heavy (non-hydrogen) atoms. The van der Waals surface area contributed by atoms with Crippen LogP contribution in [0.4, 0.5) is 4.79 Å². The standard InChI is InChI=1S/C26H27N3O5S/c1-2-7-22(25(31)32)29-23(30)12-16-15-35-24(28-16)13-27-26(33)34-14-21-19-10-5-3-8-17(19)18-9-4-6-11-20(18)21/h3-6,8-11,15,21-22H,2,7,12-14H2,1H3,(H,27,33)(H,29,30)(H,31,32)/t22-/m0/s1. The van der Waals surface area contributed by atoms with Gasteiger partial charge in [-0.15, -0.1) is 11.3 Å². The van der Waals surface area contributed by atoms with Crippen LogP contribution in [0.15, 0.2) is 53.9 Å². The van der Waals surface area contributed by atoms with Gasteiger partial charge in [-0.25, -0.2) is 14.6 Å². The Bertz CT molecular complexity index is 1180. The average molecular weight is 494 g/mol. The summed E-state index contributed by atoms with van der Waals surface area (Å²) in [7, 11) is 0. The van der Waals surface area contributed by atoms with E-state index in [0.29, 0.717) is 23.5 Å². The number of aromatic nitrogens is 1. The third kappa shape index (κ3) is 5.86. The van der Waals surface area contributed by atoms with Gasteiger partial charge in [0.1, 0.15) is 17.7 Å². The van der Waals surface area contributed by atoms with Crippen molar-refractivity contribution in [2.75, 3.05) is 6.61 Å². The third-order valence-corrected chi connectivity index (χ3v) is 6.78. The van der Waals surface area contributed by atoms with E-state index in [2.05, 4.69) is 39.9 Å². The fraction of sp³-hybridized carbons (Fsp3) is 0.308. The van der Waals surface area contributed by atoms with Crippen molar-refractivity contribution in [3.05, 3.63) is 75.7 Å². The van der Waals surface area contributed by atoms with Crippen molar-refractivity contribution in [3.8, 4) is 11.1 Å². The summed E-state index contributed by atoms with van der Waals surface area (Å²) in [6.45, 7) is 2.26. The molecule has 0 bridgehead atoms. The number of carbonyl (C=O) groups excluding carboxylic acids is 2. The Labute approximate surface area is 207 Å². The lowest BCUT2D eigenvalue weighted by atomic mass is 9.98. The molecule has 0 aliphatic heterocycles. The Morgan fingerprint density at radius 3 is 2.37 bits per heavy atom. The number of ether oxygens (including phenoxy) is 1. The molecular weight excluding hydrogens is 466 g/mol. The molecule has 8 nitrogen and oxygen atoms in total. The first-order chi connectivity index (χ1) is 17.0. The second-order valence-corrected chi connectivity index (χ2v) is 9.28. The first-order valence-corrected chi connectivity index (χ1v) is 12.4. The molecule has 3 aromatic rings. The number of alkyl carbamates (subject to hydrolysis) is 1. The predicted molar refractivity (Wildman–Crippen MR) is 132 cm³/mol. The summed E-state index contributed by atoms with van der Waals surface area (Å²) >= 11 is 1.32. The quantitative estimate of drug-likeness (QED) is 0.392. The summed E-state index contributed by atoms with van der Waals surface area (Å²) in [4.78, 5) is 40.1. The zero-order chi connectivity index (χ0) is 24.8. The highest BCUT2D eigenvalue weighted by molar-refractivity contribution is 7.09. The molecule has 182 valence electrons. The van der Waals surface area contributed by atoms with E-state index < -0.39 is 24.0 Å². The number of fused-ring (bicyclic) bond motifs is 3. The molecule has 0 radical (unpaired) electrons. The normalized spacial score (nSPS) is 12.9. The van der Waals surface area contributed by atoms with Crippen LogP contribution in [0.25, 0.3) is 11.1 Å². The molecule has 0 unspecified atom stereocenters. The summed E-state index contributed by atoms with van der Waals surface area (Å²) in [5.41, 5.74) is 5.15. The van der Waals surface area contributed by atoms with Gasteiger partial charge in [0.05, 0.1) is 18.7 Å². The lowest BCUT2D eigenvalue weighted by molar-refractivity contribution is -0.141. The van der Waals surface area contributed by atoms with Crippen LogP contribution in [0, 0.1) is 0 Å². The highest BCUT2D eigenvalue weighted by Gasteiger charge is 2.29. The lowest BCUT2D eigenvalue weighted by Crippen LogP contribution is -2.41. The molecule has 1 heterocycles. The van der Waals surface area contributed by atoms with E-state index in [1.165, 1.54) is 22.5 Å². The number of nitrogens with zero attached hydrogens (tertiary/aromatic N) is 1. The predicted octanol–water partition coefficient (Wildman–Crippen LogP) is 4.09. The van der Waals surface area contributed by atoms with Crippen LogP contribution in [0.3, 0.4) is 0 Å². The highest BCUT2D eigenvalue weighted by Crippen LogP contribution is 2.44. The van der Waals surface area contributed by atoms with Crippen LogP contribution in [-0.4, -0.2) is 40.7 Å². The Hall–Kier alpha value is -3.72. The van der Waals surface area contributed by atoms with E-state index in [0.717, 1.165) is 11.1 Å². The van der Waals surface area contributed by atoms with Crippen molar-refractivity contribution >= 4 is 29.3 Å². The van der Waals surface area contributed by atoms with Crippen molar-refractivity contribution in [1.82, 2.24) is 15.6 Å². The zero-order valence-corrected chi connectivity index (χ0v) is 20.1. The molecule has 1 aromatic heterocycles. The highest BCUT2D eigenvalue weighted by atomic mass is 32.1. The number of carboxylic acids is 1. The second-order valence-electron chi connectivity index (χ2n) is 8.34. The summed E-state index contributed by atoms with van der Waals surface area (Å²) in [5, 5.41) is 16.8. The monoisotopic (exact) mass is 493 g/mol. The maximum atomic E-state index is 12.4. The van der Waals surface area contributed by atoms with Crippen LogP contribution in [-0.2, 0) is 27.3 Å². The van der Waals surface area contributed by atoms with Gasteiger partial charge in [-0.05, 0) is 28.7 Å². The van der Waals surface area contributed by atoms with Crippen LogP contribution in [0.1, 0.15) is 47.5 Å². The number of aliphatic carboxylic acids is 1. The largest absolute Gasteiger partial charge is 0.480 e. The minimum atomic E-state index is -1.05. The average Bonchev–Trinajstić information content (AvgIpc) is 3.43. The Kier molecular flexibility index (Phi) is 7.77. The van der Waals surface area contributed by atoms with Gasteiger partial charge >= 0.3 is 12.1 Å². The Morgan fingerprint density at radius 2 is 1.74 bits per heavy atom. The van der Waals surface area contributed by atoms with Gasteiger partial charge in [0.15, 0.2) is 0 Å². The first kappa shape index (κ1) is 24.4. The number of nitrogens with one attached hydrogen (secondary N) is 2. The van der Waals surface area contributed by atoms with Gasteiger partial charge in [-0.1, -0.05) is 61.9 Å². The van der Waals surface area contributed by atoms with Crippen LogP contribution >= 0.6 is 11.3 Å². The molecule has 4 rings (SSSR count). The van der Waals surface area contributed by atoms with Gasteiger partial charge in [0.25, 0.3) is 0 Å². The van der Waals surface area contributed by atoms with Gasteiger partial charge in [-0.3, -0.25) is 4.79 Å².